The highest BCUT2D eigenvalue weighted by Gasteiger charge is 2.07. The van der Waals surface area contributed by atoms with Crippen molar-refractivity contribution in [2.45, 2.75) is 6.92 Å². The van der Waals surface area contributed by atoms with Gasteiger partial charge in [0, 0.05) is 17.0 Å². The molecule has 0 atom stereocenters. The average Bonchev–Trinajstić information content (AvgIpc) is 3.15. The zero-order valence-electron chi connectivity index (χ0n) is 15.3. The SMILES string of the molecule is Cc1ccc2oc(-c3ccccc3)cc(=NNc3nc4ccccc4[nH]3)c2c1. The highest BCUT2D eigenvalue weighted by atomic mass is 16.3. The molecule has 0 aliphatic heterocycles. The van der Waals surface area contributed by atoms with E-state index in [2.05, 4.69) is 33.5 Å². The quantitative estimate of drug-likeness (QED) is 0.431. The number of imidazole rings is 1. The minimum absolute atomic E-state index is 0.601. The molecule has 3 aromatic carbocycles. The lowest BCUT2D eigenvalue weighted by atomic mass is 10.1. The van der Waals surface area contributed by atoms with Gasteiger partial charge in [-0.3, -0.25) is 0 Å². The number of nitrogens with one attached hydrogen (secondary N) is 2. The van der Waals surface area contributed by atoms with Crippen LogP contribution in [0.1, 0.15) is 5.56 Å². The van der Waals surface area contributed by atoms with Crippen molar-refractivity contribution < 1.29 is 4.42 Å². The first-order chi connectivity index (χ1) is 13.8. The third kappa shape index (κ3) is 3.03. The van der Waals surface area contributed by atoms with Gasteiger partial charge in [0.2, 0.25) is 5.95 Å². The van der Waals surface area contributed by atoms with E-state index in [0.717, 1.165) is 44.2 Å². The van der Waals surface area contributed by atoms with Gasteiger partial charge in [0.15, 0.2) is 0 Å². The number of hydrogen-bond donors (Lipinski definition) is 2. The highest BCUT2D eigenvalue weighted by Crippen LogP contribution is 2.22. The van der Waals surface area contributed by atoms with Crippen molar-refractivity contribution in [1.82, 2.24) is 9.97 Å². The Morgan fingerprint density at radius 1 is 0.929 bits per heavy atom. The summed E-state index contributed by atoms with van der Waals surface area (Å²) in [6.45, 7) is 2.06. The molecule has 2 aromatic heterocycles. The van der Waals surface area contributed by atoms with Gasteiger partial charge >= 0.3 is 0 Å². The molecule has 2 N–H and O–H groups in total. The topological polar surface area (TPSA) is 66.2 Å². The van der Waals surface area contributed by atoms with E-state index in [1.54, 1.807) is 0 Å². The highest BCUT2D eigenvalue weighted by molar-refractivity contribution is 5.79. The van der Waals surface area contributed by atoms with Crippen LogP contribution in [0.25, 0.3) is 33.3 Å². The summed E-state index contributed by atoms with van der Waals surface area (Å²) in [7, 11) is 0. The lowest BCUT2D eigenvalue weighted by molar-refractivity contribution is 0.618. The minimum Gasteiger partial charge on any atom is -0.456 e. The summed E-state index contributed by atoms with van der Waals surface area (Å²) in [5.74, 6) is 1.37. The van der Waals surface area contributed by atoms with Crippen LogP contribution in [0.5, 0.6) is 0 Å². The molecule has 136 valence electrons. The van der Waals surface area contributed by atoms with Crippen molar-refractivity contribution in [3.63, 3.8) is 0 Å². The summed E-state index contributed by atoms with van der Waals surface area (Å²) in [6, 6.07) is 26.0. The van der Waals surface area contributed by atoms with Crippen LogP contribution in [0.4, 0.5) is 5.95 Å². The van der Waals surface area contributed by atoms with E-state index in [0.29, 0.717) is 5.95 Å². The van der Waals surface area contributed by atoms with Gasteiger partial charge in [-0.1, -0.05) is 54.1 Å². The van der Waals surface area contributed by atoms with Gasteiger partial charge in [-0.15, -0.1) is 0 Å². The molecule has 0 saturated heterocycles. The zero-order chi connectivity index (χ0) is 18.9. The van der Waals surface area contributed by atoms with Gasteiger partial charge in [0.25, 0.3) is 0 Å². The minimum atomic E-state index is 0.601. The van der Waals surface area contributed by atoms with Crippen LogP contribution in [0, 0.1) is 6.92 Å². The fraction of sp³-hybridized carbons (Fsp3) is 0.0435. The average molecular weight is 366 g/mol. The molecule has 0 saturated carbocycles. The molecule has 0 spiro atoms. The zero-order valence-corrected chi connectivity index (χ0v) is 15.3. The summed E-state index contributed by atoms with van der Waals surface area (Å²) < 4.78 is 6.13. The second-order valence-corrected chi connectivity index (χ2v) is 6.69. The van der Waals surface area contributed by atoms with Crippen molar-refractivity contribution in [2.24, 2.45) is 5.10 Å². The van der Waals surface area contributed by atoms with Crippen LogP contribution in [0.2, 0.25) is 0 Å². The number of anilines is 1. The molecule has 5 rings (SSSR count). The number of benzene rings is 3. The summed E-state index contributed by atoms with van der Waals surface area (Å²) in [5.41, 5.74) is 7.86. The van der Waals surface area contributed by atoms with E-state index in [1.165, 1.54) is 0 Å². The summed E-state index contributed by atoms with van der Waals surface area (Å²) in [5, 5.41) is 6.37. The predicted octanol–water partition coefficient (Wildman–Crippen LogP) is 5.21. The molecule has 5 nitrogen and oxygen atoms in total. The number of fused-ring (bicyclic) bond motifs is 2. The smallest absolute Gasteiger partial charge is 0.222 e. The first-order valence-electron chi connectivity index (χ1n) is 9.11. The van der Waals surface area contributed by atoms with Gasteiger partial charge < -0.3 is 9.40 Å². The number of para-hydroxylation sites is 2. The molecule has 5 aromatic rings. The number of aromatic nitrogens is 2. The van der Waals surface area contributed by atoms with E-state index < -0.39 is 0 Å². The van der Waals surface area contributed by atoms with E-state index in [-0.39, 0.29) is 0 Å². The maximum atomic E-state index is 6.13. The second-order valence-electron chi connectivity index (χ2n) is 6.69. The molecule has 5 heteroatoms. The molecule has 0 aliphatic rings. The summed E-state index contributed by atoms with van der Waals surface area (Å²) in [6.07, 6.45) is 0. The number of nitrogens with zero attached hydrogens (tertiary/aromatic N) is 2. The third-order valence-corrected chi connectivity index (χ3v) is 4.63. The molecule has 0 radical (unpaired) electrons. The molecule has 0 unspecified atom stereocenters. The van der Waals surface area contributed by atoms with Crippen LogP contribution >= 0.6 is 0 Å². The van der Waals surface area contributed by atoms with Crippen LogP contribution in [0.3, 0.4) is 0 Å². The van der Waals surface area contributed by atoms with Crippen LogP contribution < -0.4 is 10.8 Å². The second kappa shape index (κ2) is 6.70. The maximum absolute atomic E-state index is 6.13. The summed E-state index contributed by atoms with van der Waals surface area (Å²) >= 11 is 0. The largest absolute Gasteiger partial charge is 0.456 e. The molecule has 0 fully saturated rings. The number of rotatable bonds is 3. The molecular weight excluding hydrogens is 348 g/mol. The molecule has 0 aliphatic carbocycles. The Morgan fingerprint density at radius 3 is 2.61 bits per heavy atom. The van der Waals surface area contributed by atoms with Crippen molar-refractivity contribution in [3.05, 3.63) is 89.8 Å². The molecule has 0 bridgehead atoms. The molecule has 28 heavy (non-hydrogen) atoms. The summed E-state index contributed by atoms with van der Waals surface area (Å²) in [4.78, 5) is 7.75. The number of H-pyrrole nitrogens is 1. The Hall–Kier alpha value is -3.86. The molecule has 0 amide bonds. The van der Waals surface area contributed by atoms with Crippen LogP contribution in [-0.4, -0.2) is 9.97 Å². The van der Waals surface area contributed by atoms with E-state index in [9.17, 15) is 0 Å². The standard InChI is InChI=1S/C23H18N4O/c1-15-11-12-21-17(13-15)20(14-22(28-21)16-7-3-2-4-8-16)26-27-23-24-18-9-5-6-10-19(18)25-23/h2-14H,1H3,(H2,24,25,27). The van der Waals surface area contributed by atoms with Gasteiger partial charge in [0.1, 0.15) is 11.3 Å². The van der Waals surface area contributed by atoms with Gasteiger partial charge in [-0.25, -0.2) is 10.4 Å². The van der Waals surface area contributed by atoms with Crippen LogP contribution in [-0.2, 0) is 0 Å². The Bertz CT molecular complexity index is 1320. The Labute approximate surface area is 161 Å². The number of aryl methyl sites for hydroxylation is 1. The molecule has 2 heterocycles. The first-order valence-corrected chi connectivity index (χ1v) is 9.11. The van der Waals surface area contributed by atoms with Gasteiger partial charge in [-0.05, 0) is 31.2 Å². The third-order valence-electron chi connectivity index (χ3n) is 4.63. The van der Waals surface area contributed by atoms with Crippen molar-refractivity contribution >= 4 is 28.0 Å². The Balaban J connectivity index is 1.65. The first kappa shape index (κ1) is 16.3. The van der Waals surface area contributed by atoms with Crippen molar-refractivity contribution in [1.29, 1.82) is 0 Å². The lowest BCUT2D eigenvalue weighted by Gasteiger charge is -2.06. The van der Waals surface area contributed by atoms with Gasteiger partial charge in [-0.2, -0.15) is 5.10 Å². The fourth-order valence-corrected chi connectivity index (χ4v) is 3.24. The van der Waals surface area contributed by atoms with Gasteiger partial charge in [0.05, 0.1) is 16.4 Å². The fourth-order valence-electron chi connectivity index (χ4n) is 3.24. The van der Waals surface area contributed by atoms with Crippen molar-refractivity contribution in [3.8, 4) is 11.3 Å². The monoisotopic (exact) mass is 366 g/mol. The maximum Gasteiger partial charge on any atom is 0.222 e. The molecular formula is C23H18N4O. The van der Waals surface area contributed by atoms with Crippen molar-refractivity contribution in [2.75, 3.05) is 5.43 Å². The Morgan fingerprint density at radius 2 is 1.75 bits per heavy atom. The number of aromatic amines is 1. The van der Waals surface area contributed by atoms with E-state index in [4.69, 9.17) is 4.42 Å². The predicted molar refractivity (Wildman–Crippen MR) is 112 cm³/mol. The normalized spacial score (nSPS) is 12.0. The lowest BCUT2D eigenvalue weighted by Crippen LogP contribution is -2.08. The van der Waals surface area contributed by atoms with Crippen LogP contribution in [0.15, 0.2) is 88.4 Å². The van der Waals surface area contributed by atoms with E-state index in [1.807, 2.05) is 72.8 Å². The Kier molecular flexibility index (Phi) is 3.91. The number of hydrogen-bond acceptors (Lipinski definition) is 4. The van der Waals surface area contributed by atoms with E-state index >= 15 is 0 Å².